The number of amides is 1. The van der Waals surface area contributed by atoms with E-state index in [0.717, 1.165) is 36.4 Å². The maximum atomic E-state index is 12.4. The zero-order chi connectivity index (χ0) is 17.1. The molecule has 5 nitrogen and oxygen atoms in total. The summed E-state index contributed by atoms with van der Waals surface area (Å²) in [5.41, 5.74) is 4.26. The molecular formula is C19H23N3O2. The van der Waals surface area contributed by atoms with Gasteiger partial charge in [-0.2, -0.15) is 0 Å². The van der Waals surface area contributed by atoms with Crippen LogP contribution in [0.5, 0.6) is 5.75 Å². The number of methoxy groups -OCH3 is 1. The average molecular weight is 325 g/mol. The minimum Gasteiger partial charge on any atom is -0.497 e. The molecule has 0 spiro atoms. The molecule has 1 heterocycles. The summed E-state index contributed by atoms with van der Waals surface area (Å²) in [6.07, 6.45) is 3.62. The van der Waals surface area contributed by atoms with Gasteiger partial charge in [-0.1, -0.05) is 6.07 Å². The SMILES string of the molecule is COc1ccc2c(c1)CCCC2CC(=O)Nc1nc(C)cc(C)n1. The molecule has 0 radical (unpaired) electrons. The third-order valence-corrected chi connectivity index (χ3v) is 4.45. The number of fused-ring (bicyclic) bond motifs is 1. The molecule has 2 aromatic rings. The molecule has 126 valence electrons. The van der Waals surface area contributed by atoms with Gasteiger partial charge in [0.1, 0.15) is 5.75 Å². The number of carbonyl (C=O) groups excluding carboxylic acids is 1. The molecule has 1 aliphatic rings. The highest BCUT2D eigenvalue weighted by molar-refractivity contribution is 5.89. The number of ether oxygens (including phenoxy) is 1. The zero-order valence-electron chi connectivity index (χ0n) is 14.4. The molecule has 1 amide bonds. The maximum Gasteiger partial charge on any atom is 0.229 e. The van der Waals surface area contributed by atoms with E-state index in [1.165, 1.54) is 11.1 Å². The largest absolute Gasteiger partial charge is 0.497 e. The van der Waals surface area contributed by atoms with Crippen molar-refractivity contribution in [2.45, 2.75) is 45.4 Å². The molecule has 24 heavy (non-hydrogen) atoms. The Bertz CT molecular complexity index is 738. The van der Waals surface area contributed by atoms with Crippen molar-refractivity contribution in [3.63, 3.8) is 0 Å². The average Bonchev–Trinajstić information content (AvgIpc) is 2.53. The van der Waals surface area contributed by atoms with Crippen LogP contribution in [0.1, 0.15) is 47.7 Å². The van der Waals surface area contributed by atoms with Crippen molar-refractivity contribution in [3.8, 4) is 5.75 Å². The van der Waals surface area contributed by atoms with E-state index in [2.05, 4.69) is 27.4 Å². The first kappa shape index (κ1) is 16.4. The Labute approximate surface area is 142 Å². The minimum atomic E-state index is -0.0336. The van der Waals surface area contributed by atoms with E-state index in [1.807, 2.05) is 26.0 Å². The number of hydrogen-bond donors (Lipinski definition) is 1. The first-order chi connectivity index (χ1) is 11.5. The number of aromatic nitrogens is 2. The molecule has 0 saturated heterocycles. The van der Waals surface area contributed by atoms with Gasteiger partial charge < -0.3 is 4.74 Å². The van der Waals surface area contributed by atoms with Gasteiger partial charge in [0, 0.05) is 17.8 Å². The van der Waals surface area contributed by atoms with Gasteiger partial charge in [0.25, 0.3) is 0 Å². The van der Waals surface area contributed by atoms with Crippen LogP contribution >= 0.6 is 0 Å². The summed E-state index contributed by atoms with van der Waals surface area (Å²) in [7, 11) is 1.68. The second kappa shape index (κ2) is 6.99. The van der Waals surface area contributed by atoms with Gasteiger partial charge >= 0.3 is 0 Å². The van der Waals surface area contributed by atoms with Gasteiger partial charge in [0.05, 0.1) is 7.11 Å². The van der Waals surface area contributed by atoms with Crippen LogP contribution in [0.3, 0.4) is 0 Å². The fraction of sp³-hybridized carbons (Fsp3) is 0.421. The molecule has 1 unspecified atom stereocenters. The van der Waals surface area contributed by atoms with Crippen molar-refractivity contribution in [2.24, 2.45) is 0 Å². The van der Waals surface area contributed by atoms with Gasteiger partial charge in [-0.15, -0.1) is 0 Å². The van der Waals surface area contributed by atoms with E-state index in [9.17, 15) is 4.79 Å². The van der Waals surface area contributed by atoms with Crippen molar-refractivity contribution in [1.29, 1.82) is 0 Å². The molecular weight excluding hydrogens is 302 g/mol. The number of carbonyl (C=O) groups is 1. The lowest BCUT2D eigenvalue weighted by Gasteiger charge is -2.25. The molecule has 1 aromatic carbocycles. The summed E-state index contributed by atoms with van der Waals surface area (Å²) in [6, 6.07) is 8.05. The van der Waals surface area contributed by atoms with Crippen LogP contribution in [0.2, 0.25) is 0 Å². The molecule has 5 heteroatoms. The van der Waals surface area contributed by atoms with Crippen molar-refractivity contribution in [1.82, 2.24) is 9.97 Å². The molecule has 0 saturated carbocycles. The summed E-state index contributed by atoms with van der Waals surface area (Å²) >= 11 is 0. The van der Waals surface area contributed by atoms with Crippen LogP contribution in [0.15, 0.2) is 24.3 Å². The Morgan fingerprint density at radius 2 is 2.00 bits per heavy atom. The highest BCUT2D eigenvalue weighted by atomic mass is 16.5. The molecule has 0 aliphatic heterocycles. The van der Waals surface area contributed by atoms with Crippen molar-refractivity contribution >= 4 is 11.9 Å². The highest BCUT2D eigenvalue weighted by Gasteiger charge is 2.23. The molecule has 1 aliphatic carbocycles. The van der Waals surface area contributed by atoms with E-state index < -0.39 is 0 Å². The zero-order valence-corrected chi connectivity index (χ0v) is 14.4. The predicted molar refractivity (Wildman–Crippen MR) is 93.4 cm³/mol. The number of rotatable bonds is 4. The van der Waals surface area contributed by atoms with Crippen LogP contribution in [-0.4, -0.2) is 23.0 Å². The quantitative estimate of drug-likeness (QED) is 0.933. The van der Waals surface area contributed by atoms with E-state index in [-0.39, 0.29) is 11.8 Å². The Morgan fingerprint density at radius 3 is 2.71 bits per heavy atom. The van der Waals surface area contributed by atoms with Gasteiger partial charge in [0.2, 0.25) is 11.9 Å². The second-order valence-corrected chi connectivity index (χ2v) is 6.38. The fourth-order valence-electron chi connectivity index (χ4n) is 3.41. The Balaban J connectivity index is 1.71. The van der Waals surface area contributed by atoms with Crippen molar-refractivity contribution < 1.29 is 9.53 Å². The summed E-state index contributed by atoms with van der Waals surface area (Å²) in [5.74, 6) is 1.48. The van der Waals surface area contributed by atoms with E-state index in [0.29, 0.717) is 12.4 Å². The number of nitrogens with one attached hydrogen (secondary N) is 1. The molecule has 0 bridgehead atoms. The van der Waals surface area contributed by atoms with Crippen LogP contribution in [0.25, 0.3) is 0 Å². The monoisotopic (exact) mass is 325 g/mol. The van der Waals surface area contributed by atoms with Gasteiger partial charge in [-0.05, 0) is 68.4 Å². The lowest BCUT2D eigenvalue weighted by Crippen LogP contribution is -2.20. The minimum absolute atomic E-state index is 0.0336. The Hall–Kier alpha value is -2.43. The number of nitrogens with zero attached hydrogens (tertiary/aromatic N) is 2. The molecule has 1 N–H and O–H groups in total. The van der Waals surface area contributed by atoms with Gasteiger partial charge in [-0.3, -0.25) is 10.1 Å². The Kier molecular flexibility index (Phi) is 4.79. The number of aryl methyl sites for hydroxylation is 3. The number of hydrogen-bond acceptors (Lipinski definition) is 4. The summed E-state index contributed by atoms with van der Waals surface area (Å²) in [6.45, 7) is 3.80. The fourth-order valence-corrected chi connectivity index (χ4v) is 3.41. The van der Waals surface area contributed by atoms with Crippen LogP contribution in [-0.2, 0) is 11.2 Å². The lowest BCUT2D eigenvalue weighted by molar-refractivity contribution is -0.116. The van der Waals surface area contributed by atoms with Gasteiger partial charge in [-0.25, -0.2) is 9.97 Å². The predicted octanol–water partition coefficient (Wildman–Crippen LogP) is 3.55. The first-order valence-corrected chi connectivity index (χ1v) is 8.34. The van der Waals surface area contributed by atoms with Crippen LogP contribution < -0.4 is 10.1 Å². The summed E-state index contributed by atoms with van der Waals surface area (Å²) in [4.78, 5) is 21.0. The highest BCUT2D eigenvalue weighted by Crippen LogP contribution is 2.35. The normalized spacial score (nSPS) is 16.4. The number of anilines is 1. The van der Waals surface area contributed by atoms with Crippen LogP contribution in [0, 0.1) is 13.8 Å². The number of benzene rings is 1. The lowest BCUT2D eigenvalue weighted by atomic mass is 9.81. The van der Waals surface area contributed by atoms with E-state index in [4.69, 9.17) is 4.74 Å². The van der Waals surface area contributed by atoms with Crippen molar-refractivity contribution in [2.75, 3.05) is 12.4 Å². The molecule has 0 fully saturated rings. The van der Waals surface area contributed by atoms with Crippen molar-refractivity contribution in [3.05, 3.63) is 46.8 Å². The van der Waals surface area contributed by atoms with Crippen LogP contribution in [0.4, 0.5) is 5.95 Å². The second-order valence-electron chi connectivity index (χ2n) is 6.38. The Morgan fingerprint density at radius 1 is 1.25 bits per heavy atom. The van der Waals surface area contributed by atoms with E-state index in [1.54, 1.807) is 7.11 Å². The summed E-state index contributed by atoms with van der Waals surface area (Å²) < 4.78 is 5.30. The van der Waals surface area contributed by atoms with Gasteiger partial charge in [0.15, 0.2) is 0 Å². The first-order valence-electron chi connectivity index (χ1n) is 8.34. The third-order valence-electron chi connectivity index (χ3n) is 4.45. The maximum absolute atomic E-state index is 12.4. The molecule has 3 rings (SSSR count). The summed E-state index contributed by atoms with van der Waals surface area (Å²) in [5, 5.41) is 2.84. The molecule has 1 atom stereocenters. The third kappa shape index (κ3) is 3.72. The topological polar surface area (TPSA) is 64.1 Å². The van der Waals surface area contributed by atoms with E-state index >= 15 is 0 Å². The molecule has 1 aromatic heterocycles. The standard InChI is InChI=1S/C19H23N3O2/c1-12-9-13(2)21-19(20-12)22-18(23)11-15-6-4-5-14-10-16(24-3)7-8-17(14)15/h7-10,15H,4-6,11H2,1-3H3,(H,20,21,22,23). The smallest absolute Gasteiger partial charge is 0.229 e.